The number of hydrogen-bond donors (Lipinski definition) is 0. The summed E-state index contributed by atoms with van der Waals surface area (Å²) in [6.07, 6.45) is 0. The molecule has 0 aliphatic heterocycles. The summed E-state index contributed by atoms with van der Waals surface area (Å²) in [6, 6.07) is 20.2. The van der Waals surface area contributed by atoms with Crippen molar-refractivity contribution in [1.82, 2.24) is 5.16 Å². The standard InChI is InChI=1S/C21H21NO4S/c1-2-25-21(23)20-12-18(26-22-20)14-24-13-17-9-6-10-19(11-17)27-15-16-7-4-3-5-8-16/h3-12H,2,13-15H2,1H3. The molecule has 3 rings (SSSR count). The van der Waals surface area contributed by atoms with E-state index in [2.05, 4.69) is 41.6 Å². The van der Waals surface area contributed by atoms with Crippen LogP contribution in [0.5, 0.6) is 0 Å². The first-order valence-corrected chi connectivity index (χ1v) is 9.69. The van der Waals surface area contributed by atoms with Crippen molar-refractivity contribution in [3.63, 3.8) is 0 Å². The molecule has 5 nitrogen and oxygen atoms in total. The summed E-state index contributed by atoms with van der Waals surface area (Å²) in [6.45, 7) is 2.74. The molecule has 0 spiro atoms. The molecule has 0 radical (unpaired) electrons. The lowest BCUT2D eigenvalue weighted by Gasteiger charge is -2.06. The van der Waals surface area contributed by atoms with Crippen molar-refractivity contribution >= 4 is 17.7 Å². The van der Waals surface area contributed by atoms with Crippen LogP contribution in [0.25, 0.3) is 0 Å². The van der Waals surface area contributed by atoms with E-state index in [1.165, 1.54) is 10.5 Å². The zero-order valence-electron chi connectivity index (χ0n) is 15.1. The molecule has 27 heavy (non-hydrogen) atoms. The van der Waals surface area contributed by atoms with Gasteiger partial charge >= 0.3 is 5.97 Å². The van der Waals surface area contributed by atoms with Crippen LogP contribution in [0.2, 0.25) is 0 Å². The Morgan fingerprint density at radius 1 is 1.04 bits per heavy atom. The van der Waals surface area contributed by atoms with Gasteiger partial charge in [-0.2, -0.15) is 0 Å². The lowest BCUT2D eigenvalue weighted by molar-refractivity contribution is 0.0513. The predicted octanol–water partition coefficient (Wildman–Crippen LogP) is 4.86. The highest BCUT2D eigenvalue weighted by Crippen LogP contribution is 2.24. The minimum atomic E-state index is -0.490. The summed E-state index contributed by atoms with van der Waals surface area (Å²) in [5, 5.41) is 3.69. The molecule has 0 unspecified atom stereocenters. The van der Waals surface area contributed by atoms with Gasteiger partial charge in [0.2, 0.25) is 0 Å². The summed E-state index contributed by atoms with van der Waals surface area (Å²) in [7, 11) is 0. The number of aromatic nitrogens is 1. The third-order valence-electron chi connectivity index (χ3n) is 3.70. The molecule has 0 aliphatic carbocycles. The largest absolute Gasteiger partial charge is 0.461 e. The van der Waals surface area contributed by atoms with E-state index in [4.69, 9.17) is 14.0 Å². The molecule has 1 aromatic heterocycles. The van der Waals surface area contributed by atoms with Crippen LogP contribution in [0.4, 0.5) is 0 Å². The average molecular weight is 383 g/mol. The SMILES string of the molecule is CCOC(=O)c1cc(COCc2cccc(SCc3ccccc3)c2)on1. The first-order valence-electron chi connectivity index (χ1n) is 8.70. The highest BCUT2D eigenvalue weighted by molar-refractivity contribution is 7.98. The number of hydrogen-bond acceptors (Lipinski definition) is 6. The quantitative estimate of drug-likeness (QED) is 0.388. The Balaban J connectivity index is 1.48. The molecule has 0 saturated carbocycles. The number of esters is 1. The fourth-order valence-corrected chi connectivity index (χ4v) is 3.35. The highest BCUT2D eigenvalue weighted by atomic mass is 32.2. The minimum absolute atomic E-state index is 0.162. The molecule has 0 atom stereocenters. The topological polar surface area (TPSA) is 61.6 Å². The molecule has 2 aromatic carbocycles. The highest BCUT2D eigenvalue weighted by Gasteiger charge is 2.13. The van der Waals surface area contributed by atoms with Crippen molar-refractivity contribution in [2.45, 2.75) is 30.8 Å². The summed E-state index contributed by atoms with van der Waals surface area (Å²) in [5.41, 5.74) is 2.54. The zero-order chi connectivity index (χ0) is 18.9. The minimum Gasteiger partial charge on any atom is -0.461 e. The van der Waals surface area contributed by atoms with E-state index in [0.29, 0.717) is 19.0 Å². The van der Waals surface area contributed by atoms with Gasteiger partial charge in [0, 0.05) is 16.7 Å². The van der Waals surface area contributed by atoms with Gasteiger partial charge in [0.1, 0.15) is 6.61 Å². The van der Waals surface area contributed by atoms with Crippen molar-refractivity contribution < 1.29 is 18.8 Å². The zero-order valence-corrected chi connectivity index (χ0v) is 15.9. The van der Waals surface area contributed by atoms with E-state index in [0.717, 1.165) is 11.3 Å². The first-order chi connectivity index (χ1) is 13.2. The van der Waals surface area contributed by atoms with Gasteiger partial charge in [0.25, 0.3) is 0 Å². The maximum absolute atomic E-state index is 11.6. The Hall–Kier alpha value is -2.57. The van der Waals surface area contributed by atoms with Gasteiger partial charge in [-0.3, -0.25) is 0 Å². The van der Waals surface area contributed by atoms with E-state index >= 15 is 0 Å². The van der Waals surface area contributed by atoms with Gasteiger partial charge in [0.15, 0.2) is 11.5 Å². The molecule has 0 N–H and O–H groups in total. The summed E-state index contributed by atoms with van der Waals surface area (Å²) in [5.74, 6) is 0.933. The van der Waals surface area contributed by atoms with Gasteiger partial charge in [-0.25, -0.2) is 4.79 Å². The molecule has 0 aliphatic rings. The monoisotopic (exact) mass is 383 g/mol. The van der Waals surface area contributed by atoms with E-state index in [9.17, 15) is 4.79 Å². The third-order valence-corrected chi connectivity index (χ3v) is 4.77. The van der Waals surface area contributed by atoms with Crippen LogP contribution >= 0.6 is 11.8 Å². The number of benzene rings is 2. The van der Waals surface area contributed by atoms with E-state index in [1.54, 1.807) is 24.8 Å². The fourth-order valence-electron chi connectivity index (χ4n) is 2.42. The molecule has 1 heterocycles. The Kier molecular flexibility index (Phi) is 7.07. The van der Waals surface area contributed by atoms with Gasteiger partial charge in [-0.15, -0.1) is 11.8 Å². The average Bonchev–Trinajstić information content (AvgIpc) is 3.17. The summed E-state index contributed by atoms with van der Waals surface area (Å²) < 4.78 is 15.7. The Morgan fingerprint density at radius 2 is 1.85 bits per heavy atom. The fraction of sp³-hybridized carbons (Fsp3) is 0.238. The number of rotatable bonds is 9. The number of carbonyl (C=O) groups excluding carboxylic acids is 1. The van der Waals surface area contributed by atoms with Gasteiger partial charge in [0.05, 0.1) is 13.2 Å². The first kappa shape index (κ1) is 19.2. The maximum Gasteiger partial charge on any atom is 0.360 e. The summed E-state index contributed by atoms with van der Waals surface area (Å²) in [4.78, 5) is 12.8. The number of ether oxygens (including phenoxy) is 2. The molecule has 140 valence electrons. The van der Waals surface area contributed by atoms with Crippen molar-refractivity contribution in [2.75, 3.05) is 6.61 Å². The number of thioether (sulfide) groups is 1. The van der Waals surface area contributed by atoms with Crippen LogP contribution in [-0.4, -0.2) is 17.7 Å². The normalized spacial score (nSPS) is 10.7. The lowest BCUT2D eigenvalue weighted by atomic mass is 10.2. The number of carbonyl (C=O) groups is 1. The van der Waals surface area contributed by atoms with Crippen molar-refractivity contribution in [2.24, 2.45) is 0 Å². The van der Waals surface area contributed by atoms with Crippen LogP contribution < -0.4 is 0 Å². The van der Waals surface area contributed by atoms with Crippen LogP contribution in [0, 0.1) is 0 Å². The van der Waals surface area contributed by atoms with Crippen molar-refractivity contribution in [1.29, 1.82) is 0 Å². The lowest BCUT2D eigenvalue weighted by Crippen LogP contribution is -2.04. The van der Waals surface area contributed by atoms with E-state index in [-0.39, 0.29) is 12.3 Å². The second-order valence-electron chi connectivity index (χ2n) is 5.81. The van der Waals surface area contributed by atoms with Crippen molar-refractivity contribution in [3.05, 3.63) is 83.2 Å². The van der Waals surface area contributed by atoms with E-state index < -0.39 is 5.97 Å². The molecule has 0 saturated heterocycles. The molecule has 0 amide bonds. The van der Waals surface area contributed by atoms with Crippen LogP contribution in [0.3, 0.4) is 0 Å². The Labute approximate surface area is 162 Å². The molecular weight excluding hydrogens is 362 g/mol. The predicted molar refractivity (Wildman–Crippen MR) is 103 cm³/mol. The molecule has 6 heteroatoms. The third kappa shape index (κ3) is 5.98. The smallest absolute Gasteiger partial charge is 0.360 e. The van der Waals surface area contributed by atoms with Gasteiger partial charge < -0.3 is 14.0 Å². The van der Waals surface area contributed by atoms with Gasteiger partial charge in [-0.05, 0) is 30.2 Å². The van der Waals surface area contributed by atoms with Gasteiger partial charge in [-0.1, -0.05) is 47.6 Å². The Bertz CT molecular complexity index is 863. The molecule has 0 fully saturated rings. The van der Waals surface area contributed by atoms with Crippen molar-refractivity contribution in [3.8, 4) is 0 Å². The van der Waals surface area contributed by atoms with E-state index in [1.807, 2.05) is 18.2 Å². The van der Waals surface area contributed by atoms with Crippen LogP contribution in [-0.2, 0) is 28.4 Å². The second-order valence-corrected chi connectivity index (χ2v) is 6.86. The number of nitrogens with zero attached hydrogens (tertiary/aromatic N) is 1. The molecular formula is C21H21NO4S. The maximum atomic E-state index is 11.6. The summed E-state index contributed by atoms with van der Waals surface area (Å²) >= 11 is 1.79. The van der Waals surface area contributed by atoms with Crippen LogP contribution in [0.15, 0.2) is 70.1 Å². The Morgan fingerprint density at radius 3 is 2.67 bits per heavy atom. The second kappa shape index (κ2) is 9.94. The molecule has 3 aromatic rings. The molecule has 0 bridgehead atoms. The van der Waals surface area contributed by atoms with Crippen LogP contribution in [0.1, 0.15) is 34.3 Å².